The Kier molecular flexibility index (Phi) is 4.34. The van der Waals surface area contributed by atoms with Crippen LogP contribution in [0.25, 0.3) is 11.3 Å². The van der Waals surface area contributed by atoms with E-state index in [0.29, 0.717) is 0 Å². The summed E-state index contributed by atoms with van der Waals surface area (Å²) >= 11 is 0. The lowest BCUT2D eigenvalue weighted by Gasteiger charge is -2.05. The minimum Gasteiger partial charge on any atom is -0.279 e. The van der Waals surface area contributed by atoms with Crippen molar-refractivity contribution in [1.82, 2.24) is 9.97 Å². The first-order valence-corrected chi connectivity index (χ1v) is 6.62. The van der Waals surface area contributed by atoms with Crippen molar-refractivity contribution >= 4 is 0 Å². The molecule has 1 aliphatic heterocycles. The summed E-state index contributed by atoms with van der Waals surface area (Å²) in [6, 6.07) is 7.90. The van der Waals surface area contributed by atoms with Gasteiger partial charge in [0.2, 0.25) is 0 Å². The van der Waals surface area contributed by atoms with E-state index in [1.807, 2.05) is 45.0 Å². The van der Waals surface area contributed by atoms with Gasteiger partial charge in [0.25, 0.3) is 0 Å². The van der Waals surface area contributed by atoms with Gasteiger partial charge in [-0.05, 0) is 31.2 Å². The maximum Gasteiger partial charge on any atom is 0.173 e. The van der Waals surface area contributed by atoms with E-state index < -0.39 is 0 Å². The molecule has 2 aromatic rings. The quantitative estimate of drug-likeness (QED) is 0.778. The number of fused-ring (bicyclic) bond motifs is 1. The molecule has 0 amide bonds. The van der Waals surface area contributed by atoms with Crippen LogP contribution in [0.1, 0.15) is 19.5 Å². The molecule has 0 aromatic carbocycles. The summed E-state index contributed by atoms with van der Waals surface area (Å²) in [6.07, 6.45) is 1.79. The molecular formula is C15H18N4. The van der Waals surface area contributed by atoms with Crippen LogP contribution in [0, 0.1) is 6.92 Å². The molecule has 1 aliphatic rings. The van der Waals surface area contributed by atoms with Crippen molar-refractivity contribution in [3.05, 3.63) is 47.0 Å². The summed E-state index contributed by atoms with van der Waals surface area (Å²) in [5.74, 6) is 0. The average molecular weight is 254 g/mol. The number of pyridine rings is 2. The van der Waals surface area contributed by atoms with E-state index in [2.05, 4.69) is 20.0 Å². The van der Waals surface area contributed by atoms with Crippen LogP contribution in [0.15, 0.2) is 40.4 Å². The number of hydrogen-bond acceptors (Lipinski definition) is 4. The largest absolute Gasteiger partial charge is 0.279 e. The molecule has 0 fully saturated rings. The van der Waals surface area contributed by atoms with Crippen molar-refractivity contribution in [3.8, 4) is 11.3 Å². The second-order valence-corrected chi connectivity index (χ2v) is 3.94. The summed E-state index contributed by atoms with van der Waals surface area (Å²) in [4.78, 5) is 17.6. The normalized spacial score (nSPS) is 12.4. The Balaban J connectivity index is 0.000000637. The highest BCUT2D eigenvalue weighted by Crippen LogP contribution is 2.16. The SMILES string of the molecule is CC.Cc1ncccc1-c1ccc2c(n1)=NCCN=2. The van der Waals surface area contributed by atoms with Crippen molar-refractivity contribution < 1.29 is 0 Å². The maximum atomic E-state index is 4.54. The van der Waals surface area contributed by atoms with Crippen LogP contribution in [-0.2, 0) is 0 Å². The van der Waals surface area contributed by atoms with Gasteiger partial charge in [-0.3, -0.25) is 15.0 Å². The van der Waals surface area contributed by atoms with Crippen LogP contribution >= 0.6 is 0 Å². The Morgan fingerprint density at radius 1 is 1.00 bits per heavy atom. The Morgan fingerprint density at radius 2 is 1.79 bits per heavy atom. The Hall–Kier alpha value is -2.10. The summed E-state index contributed by atoms with van der Waals surface area (Å²) in [5.41, 5.74) is 3.69. The summed E-state index contributed by atoms with van der Waals surface area (Å²) in [7, 11) is 0. The number of nitrogens with zero attached hydrogens (tertiary/aromatic N) is 4. The molecular weight excluding hydrogens is 236 g/mol. The fraction of sp³-hybridized carbons (Fsp3) is 0.333. The topological polar surface area (TPSA) is 50.5 Å². The zero-order valence-electron chi connectivity index (χ0n) is 11.6. The molecule has 2 aromatic heterocycles. The summed E-state index contributed by atoms with van der Waals surface area (Å²) in [6.45, 7) is 7.48. The molecule has 0 bridgehead atoms. The van der Waals surface area contributed by atoms with Crippen LogP contribution in [0.5, 0.6) is 0 Å². The molecule has 3 rings (SSSR count). The molecule has 3 heterocycles. The fourth-order valence-corrected chi connectivity index (χ4v) is 1.91. The van der Waals surface area contributed by atoms with Gasteiger partial charge in [-0.2, -0.15) is 0 Å². The van der Waals surface area contributed by atoms with Crippen molar-refractivity contribution in [3.63, 3.8) is 0 Å². The van der Waals surface area contributed by atoms with Crippen molar-refractivity contribution in [1.29, 1.82) is 0 Å². The van der Waals surface area contributed by atoms with Gasteiger partial charge in [-0.15, -0.1) is 0 Å². The van der Waals surface area contributed by atoms with Gasteiger partial charge < -0.3 is 0 Å². The predicted octanol–water partition coefficient (Wildman–Crippen LogP) is 1.73. The molecule has 0 saturated carbocycles. The van der Waals surface area contributed by atoms with E-state index in [1.54, 1.807) is 6.20 Å². The fourth-order valence-electron chi connectivity index (χ4n) is 1.91. The Bertz CT molecular complexity index is 677. The lowest BCUT2D eigenvalue weighted by atomic mass is 10.1. The van der Waals surface area contributed by atoms with Gasteiger partial charge in [0.1, 0.15) is 5.36 Å². The standard InChI is InChI=1S/C13H12N4.C2H6/c1-9-10(3-2-6-14-9)11-4-5-12-13(17-11)16-8-7-15-12;1-2/h2-6H,7-8H2,1H3;1-2H3. The van der Waals surface area contributed by atoms with E-state index in [0.717, 1.165) is 40.9 Å². The molecule has 19 heavy (non-hydrogen) atoms. The molecule has 0 aliphatic carbocycles. The van der Waals surface area contributed by atoms with Gasteiger partial charge >= 0.3 is 0 Å². The molecule has 4 heteroatoms. The maximum absolute atomic E-state index is 4.54. The third-order valence-electron chi connectivity index (χ3n) is 2.78. The monoisotopic (exact) mass is 254 g/mol. The van der Waals surface area contributed by atoms with Gasteiger partial charge in [-0.1, -0.05) is 13.8 Å². The minimum atomic E-state index is 0.732. The van der Waals surface area contributed by atoms with Crippen LogP contribution < -0.4 is 10.8 Å². The van der Waals surface area contributed by atoms with Gasteiger partial charge in [0.15, 0.2) is 5.49 Å². The molecule has 4 nitrogen and oxygen atoms in total. The lowest BCUT2D eigenvalue weighted by Crippen LogP contribution is -2.33. The second-order valence-electron chi connectivity index (χ2n) is 3.94. The predicted molar refractivity (Wildman–Crippen MR) is 75.6 cm³/mol. The molecule has 0 saturated heterocycles. The Labute approximate surface area is 113 Å². The first-order valence-electron chi connectivity index (χ1n) is 6.62. The number of rotatable bonds is 1. The Morgan fingerprint density at radius 3 is 2.58 bits per heavy atom. The molecule has 0 spiro atoms. The highest BCUT2D eigenvalue weighted by Gasteiger charge is 2.05. The summed E-state index contributed by atoms with van der Waals surface area (Å²) in [5, 5.41) is 0.890. The van der Waals surface area contributed by atoms with Crippen molar-refractivity contribution in [2.45, 2.75) is 20.8 Å². The van der Waals surface area contributed by atoms with Gasteiger partial charge in [0.05, 0.1) is 18.8 Å². The van der Waals surface area contributed by atoms with Crippen LogP contribution in [0.3, 0.4) is 0 Å². The summed E-state index contributed by atoms with van der Waals surface area (Å²) < 4.78 is 0. The van der Waals surface area contributed by atoms with Crippen molar-refractivity contribution in [2.75, 3.05) is 13.1 Å². The molecule has 0 N–H and O–H groups in total. The zero-order chi connectivity index (χ0) is 13.7. The molecule has 0 unspecified atom stereocenters. The van der Waals surface area contributed by atoms with Crippen LogP contribution in [0.4, 0.5) is 0 Å². The number of aromatic nitrogens is 2. The molecule has 0 radical (unpaired) electrons. The number of hydrogen-bond donors (Lipinski definition) is 0. The second kappa shape index (κ2) is 6.18. The zero-order valence-corrected chi connectivity index (χ0v) is 11.6. The third-order valence-corrected chi connectivity index (χ3v) is 2.78. The minimum absolute atomic E-state index is 0.732. The highest BCUT2D eigenvalue weighted by molar-refractivity contribution is 5.60. The number of aryl methyl sites for hydroxylation is 1. The van der Waals surface area contributed by atoms with E-state index in [-0.39, 0.29) is 0 Å². The first kappa shape index (κ1) is 13.3. The average Bonchev–Trinajstić information content (AvgIpc) is 2.49. The molecule has 0 atom stereocenters. The first-order chi connectivity index (χ1) is 9.34. The third kappa shape index (κ3) is 2.84. The van der Waals surface area contributed by atoms with Crippen LogP contribution in [0.2, 0.25) is 0 Å². The van der Waals surface area contributed by atoms with Crippen molar-refractivity contribution in [2.24, 2.45) is 9.98 Å². The van der Waals surface area contributed by atoms with Gasteiger partial charge in [0, 0.05) is 17.5 Å². The highest BCUT2D eigenvalue weighted by atomic mass is 14.9. The smallest absolute Gasteiger partial charge is 0.173 e. The van der Waals surface area contributed by atoms with E-state index in [1.165, 1.54) is 0 Å². The van der Waals surface area contributed by atoms with Crippen LogP contribution in [-0.4, -0.2) is 23.1 Å². The lowest BCUT2D eigenvalue weighted by molar-refractivity contribution is 0.835. The van der Waals surface area contributed by atoms with Gasteiger partial charge in [-0.25, -0.2) is 4.98 Å². The molecule has 98 valence electrons. The van der Waals surface area contributed by atoms with E-state index in [9.17, 15) is 0 Å². The van der Waals surface area contributed by atoms with E-state index in [4.69, 9.17) is 0 Å². The van der Waals surface area contributed by atoms with E-state index >= 15 is 0 Å².